The van der Waals surface area contributed by atoms with Gasteiger partial charge in [-0.2, -0.15) is 0 Å². The van der Waals surface area contributed by atoms with Gasteiger partial charge in [-0.15, -0.1) is 0 Å². The molecule has 0 aliphatic carbocycles. The quantitative estimate of drug-likeness (QED) is 0.925. The molecule has 126 valence electrons. The number of nitrogens with one attached hydrogen (secondary N) is 1. The predicted molar refractivity (Wildman–Crippen MR) is 95.9 cm³/mol. The van der Waals surface area contributed by atoms with Crippen LogP contribution in [0.2, 0.25) is 5.02 Å². The number of halogens is 1. The Morgan fingerprint density at radius 2 is 1.92 bits per heavy atom. The second-order valence-corrected chi connectivity index (χ2v) is 6.40. The Kier molecular flexibility index (Phi) is 4.97. The zero-order chi connectivity index (χ0) is 17.1. The van der Waals surface area contributed by atoms with Gasteiger partial charge < -0.3 is 15.1 Å². The number of aromatic nitrogens is 2. The number of anilines is 2. The lowest BCUT2D eigenvalue weighted by Gasteiger charge is -2.33. The molecule has 7 heteroatoms. The van der Waals surface area contributed by atoms with Crippen molar-refractivity contribution in [3.8, 4) is 0 Å². The average molecular weight is 346 g/mol. The normalized spacial score (nSPS) is 15.4. The van der Waals surface area contributed by atoms with Crippen molar-refractivity contribution in [2.45, 2.75) is 6.92 Å². The molecule has 24 heavy (non-hydrogen) atoms. The minimum atomic E-state index is -0.252. The molecule has 0 radical (unpaired) electrons. The maximum absolute atomic E-state index is 12.5. The fourth-order valence-electron chi connectivity index (χ4n) is 2.63. The number of piperazine rings is 1. The van der Waals surface area contributed by atoms with Crippen molar-refractivity contribution in [2.75, 3.05) is 43.4 Å². The van der Waals surface area contributed by atoms with Gasteiger partial charge in [-0.25, -0.2) is 9.97 Å². The summed E-state index contributed by atoms with van der Waals surface area (Å²) in [6.07, 6.45) is 1.44. The summed E-state index contributed by atoms with van der Waals surface area (Å²) in [5.41, 5.74) is 1.99. The van der Waals surface area contributed by atoms with Gasteiger partial charge in [0.25, 0.3) is 5.91 Å². The Hall–Kier alpha value is -2.18. The van der Waals surface area contributed by atoms with Gasteiger partial charge in [-0.05, 0) is 37.7 Å². The first kappa shape index (κ1) is 16.7. The molecular formula is C17H20ClN5O. The lowest BCUT2D eigenvalue weighted by molar-refractivity contribution is 0.102. The fourth-order valence-corrected chi connectivity index (χ4v) is 2.86. The van der Waals surface area contributed by atoms with E-state index in [0.29, 0.717) is 10.7 Å². The van der Waals surface area contributed by atoms with Crippen LogP contribution in [-0.2, 0) is 0 Å². The molecule has 1 aliphatic rings. The summed E-state index contributed by atoms with van der Waals surface area (Å²) in [5.74, 6) is 0.536. The molecule has 1 fully saturated rings. The zero-order valence-electron chi connectivity index (χ0n) is 13.8. The molecule has 1 aromatic heterocycles. The fraction of sp³-hybridized carbons (Fsp3) is 0.353. The minimum absolute atomic E-state index is 0.252. The number of carbonyl (C=O) groups excluding carboxylic acids is 1. The predicted octanol–water partition coefficient (Wildman–Crippen LogP) is 2.44. The van der Waals surface area contributed by atoms with Crippen molar-refractivity contribution in [1.82, 2.24) is 14.9 Å². The van der Waals surface area contributed by atoms with Gasteiger partial charge in [0, 0.05) is 43.0 Å². The highest BCUT2D eigenvalue weighted by Gasteiger charge is 2.17. The monoisotopic (exact) mass is 345 g/mol. The van der Waals surface area contributed by atoms with E-state index in [1.807, 2.05) is 13.0 Å². The Morgan fingerprint density at radius 3 is 2.62 bits per heavy atom. The van der Waals surface area contributed by atoms with Gasteiger partial charge in [0.2, 0.25) is 0 Å². The highest BCUT2D eigenvalue weighted by Crippen LogP contribution is 2.20. The number of carbonyl (C=O) groups is 1. The molecule has 0 saturated carbocycles. The van der Waals surface area contributed by atoms with Crippen molar-refractivity contribution in [3.63, 3.8) is 0 Å². The van der Waals surface area contributed by atoms with Crippen LogP contribution >= 0.6 is 11.6 Å². The van der Waals surface area contributed by atoms with Crippen LogP contribution < -0.4 is 10.2 Å². The van der Waals surface area contributed by atoms with E-state index in [-0.39, 0.29) is 5.91 Å². The van der Waals surface area contributed by atoms with Crippen molar-refractivity contribution >= 4 is 29.0 Å². The number of hydrogen-bond donors (Lipinski definition) is 1. The van der Waals surface area contributed by atoms with Gasteiger partial charge in [0.1, 0.15) is 17.8 Å². The topological polar surface area (TPSA) is 61.4 Å². The maximum Gasteiger partial charge on any atom is 0.274 e. The van der Waals surface area contributed by atoms with Gasteiger partial charge >= 0.3 is 0 Å². The van der Waals surface area contributed by atoms with Crippen LogP contribution in [0.25, 0.3) is 0 Å². The van der Waals surface area contributed by atoms with Crippen molar-refractivity contribution in [2.24, 2.45) is 0 Å². The van der Waals surface area contributed by atoms with E-state index >= 15 is 0 Å². The molecule has 1 aromatic carbocycles. The number of hydrogen-bond acceptors (Lipinski definition) is 5. The summed E-state index contributed by atoms with van der Waals surface area (Å²) >= 11 is 5.95. The molecule has 0 spiro atoms. The lowest BCUT2D eigenvalue weighted by atomic mass is 10.2. The van der Waals surface area contributed by atoms with E-state index in [0.717, 1.165) is 43.2 Å². The lowest BCUT2D eigenvalue weighted by Crippen LogP contribution is -2.44. The number of aryl methyl sites for hydroxylation is 1. The van der Waals surface area contributed by atoms with E-state index in [1.165, 1.54) is 6.33 Å². The van der Waals surface area contributed by atoms with E-state index in [2.05, 4.69) is 32.1 Å². The number of rotatable bonds is 3. The molecule has 3 rings (SSSR count). The highest BCUT2D eigenvalue weighted by atomic mass is 35.5. The first-order chi connectivity index (χ1) is 11.5. The van der Waals surface area contributed by atoms with E-state index in [1.54, 1.807) is 18.2 Å². The van der Waals surface area contributed by atoms with Gasteiger partial charge in [0.05, 0.1) is 0 Å². The Balaban J connectivity index is 1.74. The van der Waals surface area contributed by atoms with Crippen LogP contribution in [0.3, 0.4) is 0 Å². The molecule has 6 nitrogen and oxygen atoms in total. The summed E-state index contributed by atoms with van der Waals surface area (Å²) in [4.78, 5) is 25.3. The maximum atomic E-state index is 12.5. The second kappa shape index (κ2) is 7.15. The highest BCUT2D eigenvalue weighted by molar-refractivity contribution is 6.30. The second-order valence-electron chi connectivity index (χ2n) is 5.97. The van der Waals surface area contributed by atoms with Crippen molar-refractivity contribution in [3.05, 3.63) is 46.9 Å². The number of nitrogens with zero attached hydrogens (tertiary/aromatic N) is 4. The van der Waals surface area contributed by atoms with E-state index in [9.17, 15) is 4.79 Å². The van der Waals surface area contributed by atoms with E-state index < -0.39 is 0 Å². The Morgan fingerprint density at radius 1 is 1.17 bits per heavy atom. The molecule has 1 amide bonds. The molecular weight excluding hydrogens is 326 g/mol. The number of amides is 1. The molecule has 0 bridgehead atoms. The largest absolute Gasteiger partial charge is 0.354 e. The SMILES string of the molecule is Cc1cc(Cl)ccc1NC(=O)c1cc(N2CCN(C)CC2)ncn1. The third-order valence-corrected chi connectivity index (χ3v) is 4.38. The Labute approximate surface area is 146 Å². The smallest absolute Gasteiger partial charge is 0.274 e. The summed E-state index contributed by atoms with van der Waals surface area (Å²) in [6.45, 7) is 5.65. The van der Waals surface area contributed by atoms with Gasteiger partial charge in [0.15, 0.2) is 0 Å². The first-order valence-electron chi connectivity index (χ1n) is 7.86. The zero-order valence-corrected chi connectivity index (χ0v) is 14.5. The molecule has 0 atom stereocenters. The van der Waals surface area contributed by atoms with Gasteiger partial charge in [-0.1, -0.05) is 11.6 Å². The van der Waals surface area contributed by atoms with E-state index in [4.69, 9.17) is 11.6 Å². The standard InChI is InChI=1S/C17H20ClN5O/c1-12-9-13(18)3-4-14(12)21-17(24)15-10-16(20-11-19-15)23-7-5-22(2)6-8-23/h3-4,9-11H,5-8H2,1-2H3,(H,21,24). The van der Waals surface area contributed by atoms with Crippen LogP contribution in [0.4, 0.5) is 11.5 Å². The number of benzene rings is 1. The molecule has 1 N–H and O–H groups in total. The molecule has 1 saturated heterocycles. The third-order valence-electron chi connectivity index (χ3n) is 4.15. The Bertz CT molecular complexity index is 744. The number of likely N-dealkylation sites (N-methyl/N-ethyl adjacent to an activating group) is 1. The molecule has 1 aliphatic heterocycles. The van der Waals surface area contributed by atoms with Crippen molar-refractivity contribution < 1.29 is 4.79 Å². The summed E-state index contributed by atoms with van der Waals surface area (Å²) in [5, 5.41) is 3.52. The van der Waals surface area contributed by atoms with Crippen LogP contribution in [0.15, 0.2) is 30.6 Å². The van der Waals surface area contributed by atoms with Crippen LogP contribution in [0.1, 0.15) is 16.1 Å². The van der Waals surface area contributed by atoms with Crippen LogP contribution in [0, 0.1) is 6.92 Å². The van der Waals surface area contributed by atoms with Crippen molar-refractivity contribution in [1.29, 1.82) is 0 Å². The van der Waals surface area contributed by atoms with Crippen LogP contribution in [-0.4, -0.2) is 54.0 Å². The molecule has 2 aromatic rings. The first-order valence-corrected chi connectivity index (χ1v) is 8.24. The summed E-state index contributed by atoms with van der Waals surface area (Å²) in [6, 6.07) is 7.09. The minimum Gasteiger partial charge on any atom is -0.354 e. The van der Waals surface area contributed by atoms with Gasteiger partial charge in [-0.3, -0.25) is 4.79 Å². The summed E-state index contributed by atoms with van der Waals surface area (Å²) < 4.78 is 0. The average Bonchev–Trinajstić information content (AvgIpc) is 2.58. The van der Waals surface area contributed by atoms with Crippen LogP contribution in [0.5, 0.6) is 0 Å². The molecule has 0 unspecified atom stereocenters. The third kappa shape index (κ3) is 3.83. The molecule has 2 heterocycles. The summed E-state index contributed by atoms with van der Waals surface area (Å²) in [7, 11) is 2.10.